The molecule has 1 aromatic heterocycles. The summed E-state index contributed by atoms with van der Waals surface area (Å²) in [6.07, 6.45) is 7.91. The Morgan fingerprint density at radius 2 is 1.81 bits per heavy atom. The van der Waals surface area contributed by atoms with E-state index >= 15 is 0 Å². The molecule has 2 aromatic carbocycles. The Morgan fingerprint density at radius 1 is 0.972 bits per heavy atom. The van der Waals surface area contributed by atoms with E-state index in [1.165, 1.54) is 16.8 Å². The van der Waals surface area contributed by atoms with Gasteiger partial charge in [0.05, 0.1) is 16.6 Å². The first-order chi connectivity index (χ1) is 17.6. The van der Waals surface area contributed by atoms with Crippen molar-refractivity contribution in [3.63, 3.8) is 0 Å². The Labute approximate surface area is 215 Å². The third-order valence-electron chi connectivity index (χ3n) is 7.52. The van der Waals surface area contributed by atoms with Crippen LogP contribution in [0.25, 0.3) is 0 Å². The summed E-state index contributed by atoms with van der Waals surface area (Å²) >= 11 is 0. The number of hydrogen-bond donors (Lipinski definition) is 1. The number of pyridine rings is 1. The molecule has 1 aliphatic heterocycles. The average molecular weight is 505 g/mol. The highest BCUT2D eigenvalue weighted by atomic mass is 32.2. The van der Waals surface area contributed by atoms with Crippen molar-refractivity contribution in [1.82, 2.24) is 14.2 Å². The van der Waals surface area contributed by atoms with E-state index in [1.807, 2.05) is 48.7 Å². The maximum Gasteiger partial charge on any atom is 0.243 e. The normalized spacial score (nSPS) is 18.1. The highest BCUT2D eigenvalue weighted by Gasteiger charge is 2.30. The number of aromatic nitrogens is 1. The molecule has 6 nitrogen and oxygen atoms in total. The second kappa shape index (κ2) is 11.2. The van der Waals surface area contributed by atoms with Gasteiger partial charge in [0.1, 0.15) is 0 Å². The van der Waals surface area contributed by atoms with Crippen LogP contribution in [0.3, 0.4) is 0 Å². The minimum atomic E-state index is -3.57. The molecule has 3 aromatic rings. The molecule has 0 bridgehead atoms. The Hall–Kier alpha value is -2.58. The lowest BCUT2D eigenvalue weighted by atomic mass is 9.90. The first-order valence-electron chi connectivity index (χ1n) is 13.1. The third-order valence-corrected chi connectivity index (χ3v) is 9.36. The number of nitrogens with two attached hydrogens (primary N) is 1. The van der Waals surface area contributed by atoms with Crippen molar-refractivity contribution in [1.29, 1.82) is 0 Å². The molecule has 0 amide bonds. The molecule has 7 heteroatoms. The number of hydrogen-bond acceptors (Lipinski definition) is 5. The molecule has 190 valence electrons. The number of rotatable bonds is 9. The van der Waals surface area contributed by atoms with E-state index in [2.05, 4.69) is 17.0 Å². The van der Waals surface area contributed by atoms with Crippen LogP contribution in [0, 0.1) is 0 Å². The molecule has 0 fully saturated rings. The summed E-state index contributed by atoms with van der Waals surface area (Å²) in [4.78, 5) is 7.61. The molecule has 2 N–H and O–H groups in total. The van der Waals surface area contributed by atoms with Crippen LogP contribution in [-0.4, -0.2) is 42.2 Å². The summed E-state index contributed by atoms with van der Waals surface area (Å²) in [7, 11) is -3.57. The summed E-state index contributed by atoms with van der Waals surface area (Å²) in [6, 6.07) is 20.1. The smallest absolute Gasteiger partial charge is 0.243 e. The van der Waals surface area contributed by atoms with Gasteiger partial charge in [-0.25, -0.2) is 8.42 Å². The van der Waals surface area contributed by atoms with E-state index in [9.17, 15) is 8.42 Å². The lowest BCUT2D eigenvalue weighted by Crippen LogP contribution is -2.36. The van der Waals surface area contributed by atoms with Gasteiger partial charge in [0, 0.05) is 25.8 Å². The topological polar surface area (TPSA) is 79.5 Å². The molecule has 0 spiro atoms. The quantitative estimate of drug-likeness (QED) is 0.436. The lowest BCUT2D eigenvalue weighted by molar-refractivity contribution is 0.163. The first-order valence-corrected chi connectivity index (χ1v) is 14.5. The molecule has 0 saturated heterocycles. The zero-order valence-corrected chi connectivity index (χ0v) is 21.7. The van der Waals surface area contributed by atoms with E-state index in [0.717, 1.165) is 56.2 Å². The van der Waals surface area contributed by atoms with Crippen LogP contribution in [0.15, 0.2) is 71.8 Å². The molecular weight excluding hydrogens is 468 g/mol. The van der Waals surface area contributed by atoms with Crippen LogP contribution in [0.4, 0.5) is 0 Å². The van der Waals surface area contributed by atoms with Gasteiger partial charge >= 0.3 is 0 Å². The van der Waals surface area contributed by atoms with Gasteiger partial charge in [-0.2, -0.15) is 4.31 Å². The molecule has 0 radical (unpaired) electrons. The molecule has 2 heterocycles. The zero-order valence-electron chi connectivity index (χ0n) is 20.9. The minimum Gasteiger partial charge on any atom is -0.330 e. The van der Waals surface area contributed by atoms with Gasteiger partial charge in [0.2, 0.25) is 10.0 Å². The number of aryl methyl sites for hydroxylation is 1. The van der Waals surface area contributed by atoms with Gasteiger partial charge in [-0.05, 0) is 92.1 Å². The minimum absolute atomic E-state index is 0.242. The fraction of sp³-hybridized carbons (Fsp3) is 0.414. The maximum atomic E-state index is 13.6. The van der Waals surface area contributed by atoms with Crippen molar-refractivity contribution in [3.8, 4) is 0 Å². The zero-order chi connectivity index (χ0) is 25.0. The summed E-state index contributed by atoms with van der Waals surface area (Å²) in [6.45, 7) is 3.23. The highest BCUT2D eigenvalue weighted by Crippen LogP contribution is 2.34. The SMILES string of the molecule is NCCCCN(Cc1cccc(S(=O)(=O)N2CCc3ccccc3C2)c1)C1CCCc2cccnc21. The van der Waals surface area contributed by atoms with E-state index in [0.29, 0.717) is 31.1 Å². The monoisotopic (exact) mass is 504 g/mol. The summed E-state index contributed by atoms with van der Waals surface area (Å²) in [5.74, 6) is 0. The van der Waals surface area contributed by atoms with Gasteiger partial charge in [0.15, 0.2) is 0 Å². The van der Waals surface area contributed by atoms with Crippen molar-refractivity contribution in [2.45, 2.75) is 62.6 Å². The van der Waals surface area contributed by atoms with Gasteiger partial charge < -0.3 is 5.73 Å². The van der Waals surface area contributed by atoms with Crippen LogP contribution >= 0.6 is 0 Å². The molecule has 5 rings (SSSR count). The van der Waals surface area contributed by atoms with Gasteiger partial charge in [-0.3, -0.25) is 9.88 Å². The van der Waals surface area contributed by atoms with Crippen LogP contribution in [0.2, 0.25) is 0 Å². The van der Waals surface area contributed by atoms with Crippen LogP contribution < -0.4 is 5.73 Å². The molecule has 2 aliphatic rings. The highest BCUT2D eigenvalue weighted by molar-refractivity contribution is 7.89. The molecule has 0 saturated carbocycles. The van der Waals surface area contributed by atoms with Gasteiger partial charge in [0.25, 0.3) is 0 Å². The fourth-order valence-corrected chi connectivity index (χ4v) is 7.10. The van der Waals surface area contributed by atoms with Crippen molar-refractivity contribution < 1.29 is 8.42 Å². The van der Waals surface area contributed by atoms with E-state index < -0.39 is 10.0 Å². The van der Waals surface area contributed by atoms with Crippen LogP contribution in [0.1, 0.15) is 59.7 Å². The summed E-state index contributed by atoms with van der Waals surface area (Å²) in [5.41, 5.74) is 11.7. The fourth-order valence-electron chi connectivity index (χ4n) is 5.61. The predicted octanol–water partition coefficient (Wildman–Crippen LogP) is 4.45. The third kappa shape index (κ3) is 5.39. The Kier molecular flexibility index (Phi) is 7.82. The molecule has 1 unspecified atom stereocenters. The van der Waals surface area contributed by atoms with E-state index in [-0.39, 0.29) is 6.04 Å². The predicted molar refractivity (Wildman–Crippen MR) is 143 cm³/mol. The first kappa shape index (κ1) is 25.1. The molecule has 1 aliphatic carbocycles. The van der Waals surface area contributed by atoms with Crippen LogP contribution in [-0.2, 0) is 36.0 Å². The molecule has 1 atom stereocenters. The van der Waals surface area contributed by atoms with Gasteiger partial charge in [-0.1, -0.05) is 42.5 Å². The summed E-state index contributed by atoms with van der Waals surface area (Å²) in [5, 5.41) is 0. The Bertz CT molecular complexity index is 1290. The molecular formula is C29H36N4O2S. The van der Waals surface area contributed by atoms with Gasteiger partial charge in [-0.15, -0.1) is 0 Å². The van der Waals surface area contributed by atoms with Crippen molar-refractivity contribution >= 4 is 10.0 Å². The number of fused-ring (bicyclic) bond motifs is 2. The number of sulfonamides is 1. The maximum absolute atomic E-state index is 13.6. The average Bonchev–Trinajstić information content (AvgIpc) is 2.92. The second-order valence-corrected chi connectivity index (χ2v) is 11.9. The number of unbranched alkanes of at least 4 members (excludes halogenated alkanes) is 1. The summed E-state index contributed by atoms with van der Waals surface area (Å²) < 4.78 is 28.8. The van der Waals surface area contributed by atoms with Crippen LogP contribution in [0.5, 0.6) is 0 Å². The Morgan fingerprint density at radius 3 is 2.67 bits per heavy atom. The van der Waals surface area contributed by atoms with Crippen molar-refractivity contribution in [2.75, 3.05) is 19.6 Å². The van der Waals surface area contributed by atoms with E-state index in [4.69, 9.17) is 10.7 Å². The number of benzene rings is 2. The number of nitrogens with zero attached hydrogens (tertiary/aromatic N) is 3. The second-order valence-electron chi connectivity index (χ2n) is 9.93. The molecule has 36 heavy (non-hydrogen) atoms. The van der Waals surface area contributed by atoms with E-state index in [1.54, 1.807) is 10.4 Å². The Balaban J connectivity index is 1.38. The standard InChI is InChI=1S/C29H36N4O2S/c30-16-3-4-18-32(28-14-6-11-25-12-7-17-31-29(25)28)21-23-8-5-13-27(20-23)36(34,35)33-19-15-24-9-1-2-10-26(24)22-33/h1-2,5,7-10,12-13,17,20,28H,3-4,6,11,14-16,18-19,21-22,30H2. The largest absolute Gasteiger partial charge is 0.330 e. The lowest BCUT2D eigenvalue weighted by Gasteiger charge is -2.35. The van der Waals surface area contributed by atoms with Crippen molar-refractivity contribution in [2.24, 2.45) is 5.73 Å². The van der Waals surface area contributed by atoms with Crippen molar-refractivity contribution in [3.05, 3.63) is 94.8 Å².